The van der Waals surface area contributed by atoms with Crippen LogP contribution >= 0.6 is 29.8 Å². The van der Waals surface area contributed by atoms with Crippen molar-refractivity contribution in [2.75, 3.05) is 0 Å². The van der Waals surface area contributed by atoms with Crippen LogP contribution in [-0.2, 0) is 0 Å². The first-order valence-corrected chi connectivity index (χ1v) is 4.10. The van der Waals surface area contributed by atoms with E-state index in [-0.39, 0.29) is 7.29 Å². The molecule has 0 fully saturated rings. The standard InChI is InChI=1S/C2N2.Cl2HP/c3-1-2-4;1-3-2/h;3H. The van der Waals surface area contributed by atoms with Gasteiger partial charge >= 0.3 is 0 Å². The maximum Gasteiger partial charge on any atom is 0.181 e. The van der Waals surface area contributed by atoms with Crippen molar-refractivity contribution in [3.63, 3.8) is 0 Å². The largest absolute Gasteiger partial charge is 0.181 e. The average Bonchev–Trinajstić information content (AvgIpc) is 1.69. The van der Waals surface area contributed by atoms with Crippen molar-refractivity contribution in [2.24, 2.45) is 0 Å². The van der Waals surface area contributed by atoms with Crippen molar-refractivity contribution in [3.8, 4) is 12.1 Å². The van der Waals surface area contributed by atoms with Gasteiger partial charge in [-0.2, -0.15) is 10.5 Å². The summed E-state index contributed by atoms with van der Waals surface area (Å²) in [6, 6.07) is 2.47. The van der Waals surface area contributed by atoms with E-state index in [2.05, 4.69) is 0 Å². The molecular formula is C2HCl2N2P. The second kappa shape index (κ2) is 16.7. The summed E-state index contributed by atoms with van der Waals surface area (Å²) in [6.07, 6.45) is 0. The zero-order chi connectivity index (χ0) is 6.12. The van der Waals surface area contributed by atoms with Crippen LogP contribution in [0.15, 0.2) is 0 Å². The molecular weight excluding hydrogens is 154 g/mol. The van der Waals surface area contributed by atoms with E-state index in [9.17, 15) is 0 Å². The number of nitrogens with zero attached hydrogens (tertiary/aromatic N) is 2. The number of hydrogen-bond donors (Lipinski definition) is 0. The Labute approximate surface area is 53.0 Å². The fourth-order valence-corrected chi connectivity index (χ4v) is 0. The third kappa shape index (κ3) is 97.3. The Bertz CT molecular complexity index is 78.8. The zero-order valence-corrected chi connectivity index (χ0v) is 5.66. The lowest BCUT2D eigenvalue weighted by Gasteiger charge is -1.42. The minimum Gasteiger partial charge on any atom is -0.181 e. The maximum atomic E-state index is 7.26. The molecule has 0 aliphatic carbocycles. The predicted octanol–water partition coefficient (Wildman–Crippen LogP) is 2.01. The van der Waals surface area contributed by atoms with Crippen LogP contribution in [-0.4, -0.2) is 0 Å². The molecule has 0 rings (SSSR count). The molecule has 0 aliphatic heterocycles. The molecule has 0 amide bonds. The first kappa shape index (κ1) is 10.1. The van der Waals surface area contributed by atoms with Gasteiger partial charge in [0.2, 0.25) is 0 Å². The predicted molar refractivity (Wildman–Crippen MR) is 31.2 cm³/mol. The van der Waals surface area contributed by atoms with E-state index in [0.717, 1.165) is 0 Å². The molecule has 0 heterocycles. The topological polar surface area (TPSA) is 47.6 Å². The van der Waals surface area contributed by atoms with Gasteiger partial charge in [0.1, 0.15) is 0 Å². The highest BCUT2D eigenvalue weighted by atomic mass is 35.9. The van der Waals surface area contributed by atoms with Crippen LogP contribution in [0.25, 0.3) is 0 Å². The van der Waals surface area contributed by atoms with Crippen LogP contribution < -0.4 is 0 Å². The Morgan fingerprint density at radius 1 is 1.14 bits per heavy atom. The molecule has 0 aromatic heterocycles. The fourth-order valence-electron chi connectivity index (χ4n) is 0. The quantitative estimate of drug-likeness (QED) is 0.502. The monoisotopic (exact) mass is 154 g/mol. The Morgan fingerprint density at radius 3 is 1.29 bits per heavy atom. The number of hydrogen-bond acceptors (Lipinski definition) is 2. The van der Waals surface area contributed by atoms with Crippen molar-refractivity contribution in [2.45, 2.75) is 0 Å². The number of halogens is 2. The second-order valence-electron chi connectivity index (χ2n) is 0.295. The normalized spacial score (nSPS) is 4.00. The molecule has 0 bridgehead atoms. The fraction of sp³-hybridized carbons (Fsp3) is 0. The molecule has 0 aromatic rings. The van der Waals surface area contributed by atoms with Gasteiger partial charge in [-0.1, -0.05) is 22.5 Å². The van der Waals surface area contributed by atoms with Crippen molar-refractivity contribution in [3.05, 3.63) is 0 Å². The highest BCUT2D eigenvalue weighted by molar-refractivity contribution is 7.90. The van der Waals surface area contributed by atoms with Crippen LogP contribution in [0.5, 0.6) is 0 Å². The van der Waals surface area contributed by atoms with Crippen LogP contribution in [0, 0.1) is 22.7 Å². The van der Waals surface area contributed by atoms with Gasteiger partial charge in [-0.25, -0.2) is 0 Å². The summed E-state index contributed by atoms with van der Waals surface area (Å²) in [5, 5.41) is 14.5. The van der Waals surface area contributed by atoms with Crippen LogP contribution in [0.1, 0.15) is 0 Å². The highest BCUT2D eigenvalue weighted by Gasteiger charge is 1.41. The summed E-state index contributed by atoms with van der Waals surface area (Å²) in [5.74, 6) is 0. The molecule has 38 valence electrons. The van der Waals surface area contributed by atoms with Gasteiger partial charge in [0.25, 0.3) is 0 Å². The third-order valence-electron chi connectivity index (χ3n) is 0.0500. The molecule has 0 radical (unpaired) electrons. The van der Waals surface area contributed by atoms with E-state index < -0.39 is 0 Å². The van der Waals surface area contributed by atoms with Gasteiger partial charge in [0, 0.05) is 0 Å². The highest BCUT2D eigenvalue weighted by Crippen LogP contribution is 2.19. The number of rotatable bonds is 0. The molecule has 7 heavy (non-hydrogen) atoms. The molecule has 0 saturated heterocycles. The Kier molecular flexibility index (Phi) is 24.0. The molecule has 0 saturated carbocycles. The van der Waals surface area contributed by atoms with Gasteiger partial charge < -0.3 is 0 Å². The zero-order valence-electron chi connectivity index (χ0n) is 3.15. The summed E-state index contributed by atoms with van der Waals surface area (Å²) >= 11 is 9.58. The van der Waals surface area contributed by atoms with Crippen molar-refractivity contribution in [1.82, 2.24) is 0 Å². The molecule has 0 atom stereocenters. The molecule has 0 spiro atoms. The lowest BCUT2D eigenvalue weighted by molar-refractivity contribution is 1.49. The maximum absolute atomic E-state index is 7.26. The van der Waals surface area contributed by atoms with Crippen LogP contribution in [0.3, 0.4) is 0 Å². The summed E-state index contributed by atoms with van der Waals surface area (Å²) in [6.45, 7) is 0. The minimum absolute atomic E-state index is 0.0278. The average molecular weight is 155 g/mol. The van der Waals surface area contributed by atoms with E-state index in [1.54, 1.807) is 0 Å². The molecule has 2 nitrogen and oxygen atoms in total. The molecule has 0 N–H and O–H groups in total. The lowest BCUT2D eigenvalue weighted by atomic mass is 10.9. The SMILES string of the molecule is ClPCl.N#CC#N. The second-order valence-corrected chi connectivity index (χ2v) is 2.15. The lowest BCUT2D eigenvalue weighted by Crippen LogP contribution is -1.26. The minimum atomic E-state index is 0.0278. The van der Waals surface area contributed by atoms with E-state index in [1.807, 2.05) is 0 Å². The third-order valence-corrected chi connectivity index (χ3v) is 0.0500. The van der Waals surface area contributed by atoms with Crippen molar-refractivity contribution < 1.29 is 0 Å². The Balaban J connectivity index is 0. The first-order valence-electron chi connectivity index (χ1n) is 1.08. The van der Waals surface area contributed by atoms with Gasteiger partial charge in [-0.05, 0) is 0 Å². The van der Waals surface area contributed by atoms with Gasteiger partial charge in [0.05, 0.1) is 7.29 Å². The van der Waals surface area contributed by atoms with Gasteiger partial charge in [-0.3, -0.25) is 0 Å². The molecule has 0 aromatic carbocycles. The van der Waals surface area contributed by atoms with Crippen molar-refractivity contribution >= 4 is 29.8 Å². The molecule has 5 heteroatoms. The summed E-state index contributed by atoms with van der Waals surface area (Å²) in [5.41, 5.74) is 0. The van der Waals surface area contributed by atoms with Gasteiger partial charge in [0.15, 0.2) is 12.1 Å². The van der Waals surface area contributed by atoms with Crippen LogP contribution in [0.4, 0.5) is 0 Å². The summed E-state index contributed by atoms with van der Waals surface area (Å²) < 4.78 is 0. The smallest absolute Gasteiger partial charge is 0.181 e. The summed E-state index contributed by atoms with van der Waals surface area (Å²) in [4.78, 5) is 0. The Morgan fingerprint density at radius 2 is 1.29 bits per heavy atom. The Hall–Kier alpha value is -0.01000. The first-order chi connectivity index (χ1) is 3.33. The summed E-state index contributed by atoms with van der Waals surface area (Å²) in [7, 11) is 0.0278. The van der Waals surface area contributed by atoms with Crippen LogP contribution in [0.2, 0.25) is 0 Å². The van der Waals surface area contributed by atoms with Gasteiger partial charge in [-0.15, -0.1) is 0 Å². The van der Waals surface area contributed by atoms with E-state index in [1.165, 1.54) is 12.1 Å². The molecule has 0 unspecified atom stereocenters. The van der Waals surface area contributed by atoms with E-state index >= 15 is 0 Å². The van der Waals surface area contributed by atoms with Crippen molar-refractivity contribution in [1.29, 1.82) is 10.5 Å². The van der Waals surface area contributed by atoms with E-state index in [0.29, 0.717) is 0 Å². The number of nitriles is 2. The molecule has 0 aliphatic rings. The van der Waals surface area contributed by atoms with E-state index in [4.69, 9.17) is 33.0 Å².